The van der Waals surface area contributed by atoms with E-state index in [0.29, 0.717) is 0 Å². The SMILES string of the molecule is Oc1cccc(/C=N/n2cnnc2)c1. The van der Waals surface area contributed by atoms with Gasteiger partial charge >= 0.3 is 0 Å². The summed E-state index contributed by atoms with van der Waals surface area (Å²) in [5.74, 6) is 0.220. The fourth-order valence-corrected chi connectivity index (χ4v) is 0.993. The number of benzene rings is 1. The molecule has 0 fully saturated rings. The number of aromatic nitrogens is 3. The fourth-order valence-electron chi connectivity index (χ4n) is 0.993. The molecule has 0 unspecified atom stereocenters. The van der Waals surface area contributed by atoms with Gasteiger partial charge in [-0.15, -0.1) is 10.2 Å². The van der Waals surface area contributed by atoms with Gasteiger partial charge in [-0.2, -0.15) is 5.10 Å². The van der Waals surface area contributed by atoms with Crippen LogP contribution in [0.15, 0.2) is 42.0 Å². The molecule has 0 radical (unpaired) electrons. The van der Waals surface area contributed by atoms with Crippen LogP contribution in [0.4, 0.5) is 0 Å². The molecule has 1 aromatic carbocycles. The minimum Gasteiger partial charge on any atom is -0.508 e. The molecule has 70 valence electrons. The molecule has 2 aromatic rings. The predicted molar refractivity (Wildman–Crippen MR) is 51.1 cm³/mol. The molecule has 2 rings (SSSR count). The van der Waals surface area contributed by atoms with Crippen molar-refractivity contribution in [1.29, 1.82) is 0 Å². The van der Waals surface area contributed by atoms with Crippen molar-refractivity contribution in [3.63, 3.8) is 0 Å². The van der Waals surface area contributed by atoms with Crippen molar-refractivity contribution in [3.8, 4) is 5.75 Å². The van der Waals surface area contributed by atoms with Crippen molar-refractivity contribution in [3.05, 3.63) is 42.5 Å². The molecule has 0 saturated heterocycles. The summed E-state index contributed by atoms with van der Waals surface area (Å²) in [6, 6.07) is 6.82. The summed E-state index contributed by atoms with van der Waals surface area (Å²) in [7, 11) is 0. The molecular formula is C9H8N4O. The van der Waals surface area contributed by atoms with Crippen LogP contribution in [0.2, 0.25) is 0 Å². The smallest absolute Gasteiger partial charge is 0.141 e. The quantitative estimate of drug-likeness (QED) is 0.711. The lowest BCUT2D eigenvalue weighted by molar-refractivity contribution is 0.475. The molecule has 0 aliphatic rings. The maximum Gasteiger partial charge on any atom is 0.141 e. The number of phenolic OH excluding ortho intramolecular Hbond substituents is 1. The summed E-state index contributed by atoms with van der Waals surface area (Å²) in [5.41, 5.74) is 0.818. The summed E-state index contributed by atoms with van der Waals surface area (Å²) in [6.45, 7) is 0. The van der Waals surface area contributed by atoms with E-state index in [1.807, 2.05) is 6.07 Å². The molecule has 1 N–H and O–H groups in total. The van der Waals surface area contributed by atoms with E-state index < -0.39 is 0 Å². The van der Waals surface area contributed by atoms with Gasteiger partial charge in [0, 0.05) is 0 Å². The molecule has 0 aliphatic carbocycles. The topological polar surface area (TPSA) is 63.3 Å². The molecule has 1 heterocycles. The molecule has 0 aliphatic heterocycles. The zero-order valence-electron chi connectivity index (χ0n) is 7.28. The first-order chi connectivity index (χ1) is 6.84. The van der Waals surface area contributed by atoms with Crippen molar-refractivity contribution in [2.75, 3.05) is 0 Å². The molecule has 1 aromatic heterocycles. The van der Waals surface area contributed by atoms with E-state index in [2.05, 4.69) is 15.3 Å². The van der Waals surface area contributed by atoms with Crippen LogP contribution >= 0.6 is 0 Å². The van der Waals surface area contributed by atoms with Crippen LogP contribution in [0, 0.1) is 0 Å². The first kappa shape index (κ1) is 8.43. The summed E-state index contributed by atoms with van der Waals surface area (Å²) in [5, 5.41) is 20.4. The van der Waals surface area contributed by atoms with E-state index in [9.17, 15) is 5.11 Å². The van der Waals surface area contributed by atoms with Crippen LogP contribution in [0.25, 0.3) is 0 Å². The van der Waals surface area contributed by atoms with Crippen molar-refractivity contribution in [2.45, 2.75) is 0 Å². The Morgan fingerprint density at radius 3 is 2.79 bits per heavy atom. The minimum absolute atomic E-state index is 0.220. The number of rotatable bonds is 2. The Kier molecular flexibility index (Phi) is 2.22. The number of nitrogens with zero attached hydrogens (tertiary/aromatic N) is 4. The van der Waals surface area contributed by atoms with Crippen molar-refractivity contribution < 1.29 is 5.11 Å². The number of hydrogen-bond donors (Lipinski definition) is 1. The summed E-state index contributed by atoms with van der Waals surface area (Å²) < 4.78 is 1.48. The molecule has 0 saturated carbocycles. The first-order valence-corrected chi connectivity index (χ1v) is 4.02. The van der Waals surface area contributed by atoms with Gasteiger partial charge in [0.15, 0.2) is 0 Å². The number of aromatic hydroxyl groups is 1. The van der Waals surface area contributed by atoms with Crippen molar-refractivity contribution >= 4 is 6.21 Å². The molecule has 0 amide bonds. The fraction of sp³-hybridized carbons (Fsp3) is 0. The molecule has 14 heavy (non-hydrogen) atoms. The Labute approximate surface area is 80.3 Å². The Morgan fingerprint density at radius 2 is 2.07 bits per heavy atom. The molecule has 0 atom stereocenters. The molecule has 0 bridgehead atoms. The van der Waals surface area contributed by atoms with E-state index >= 15 is 0 Å². The molecular weight excluding hydrogens is 180 g/mol. The van der Waals surface area contributed by atoms with Crippen molar-refractivity contribution in [1.82, 2.24) is 14.9 Å². The largest absolute Gasteiger partial charge is 0.508 e. The third-order valence-corrected chi connectivity index (χ3v) is 1.62. The van der Waals surface area contributed by atoms with Crippen LogP contribution in [0.3, 0.4) is 0 Å². The predicted octanol–water partition coefficient (Wildman–Crippen LogP) is 0.866. The van der Waals surface area contributed by atoms with E-state index in [1.54, 1.807) is 24.4 Å². The lowest BCUT2D eigenvalue weighted by Crippen LogP contribution is -1.86. The Balaban J connectivity index is 2.18. The third-order valence-electron chi connectivity index (χ3n) is 1.62. The van der Waals surface area contributed by atoms with Gasteiger partial charge < -0.3 is 5.11 Å². The second-order valence-electron chi connectivity index (χ2n) is 2.68. The van der Waals surface area contributed by atoms with Crippen LogP contribution in [0.1, 0.15) is 5.56 Å². The second-order valence-corrected chi connectivity index (χ2v) is 2.68. The van der Waals surface area contributed by atoms with Gasteiger partial charge in [0.1, 0.15) is 18.4 Å². The first-order valence-electron chi connectivity index (χ1n) is 4.02. The van der Waals surface area contributed by atoms with E-state index in [4.69, 9.17) is 0 Å². The van der Waals surface area contributed by atoms with Crippen LogP contribution in [-0.4, -0.2) is 26.2 Å². The van der Waals surface area contributed by atoms with Crippen LogP contribution in [-0.2, 0) is 0 Å². The molecule has 5 nitrogen and oxygen atoms in total. The Morgan fingerprint density at radius 1 is 1.29 bits per heavy atom. The van der Waals surface area contributed by atoms with Gasteiger partial charge in [0.05, 0.1) is 6.21 Å². The summed E-state index contributed by atoms with van der Waals surface area (Å²) in [6.07, 6.45) is 4.58. The van der Waals surface area contributed by atoms with E-state index in [1.165, 1.54) is 17.3 Å². The highest BCUT2D eigenvalue weighted by atomic mass is 16.3. The lowest BCUT2D eigenvalue weighted by Gasteiger charge is -1.93. The van der Waals surface area contributed by atoms with Gasteiger partial charge in [-0.3, -0.25) is 0 Å². The normalized spacial score (nSPS) is 10.9. The minimum atomic E-state index is 0.220. The molecule has 0 spiro atoms. The van der Waals surface area contributed by atoms with E-state index in [-0.39, 0.29) is 5.75 Å². The standard InChI is InChI=1S/C9H8N4O/c14-9-3-1-2-8(4-9)5-12-13-6-10-11-7-13/h1-7,14H/b12-5+. The van der Waals surface area contributed by atoms with Gasteiger partial charge in [-0.1, -0.05) is 12.1 Å². The average Bonchev–Trinajstić information content (AvgIpc) is 2.67. The highest BCUT2D eigenvalue weighted by Gasteiger charge is 1.90. The van der Waals surface area contributed by atoms with Gasteiger partial charge in [-0.05, 0) is 17.7 Å². The second kappa shape index (κ2) is 3.69. The average molecular weight is 188 g/mol. The third kappa shape index (κ3) is 1.95. The monoisotopic (exact) mass is 188 g/mol. The highest BCUT2D eigenvalue weighted by Crippen LogP contribution is 2.08. The lowest BCUT2D eigenvalue weighted by atomic mass is 10.2. The number of hydrogen-bond acceptors (Lipinski definition) is 4. The maximum atomic E-state index is 9.18. The van der Waals surface area contributed by atoms with Gasteiger partial charge in [0.2, 0.25) is 0 Å². The van der Waals surface area contributed by atoms with E-state index in [0.717, 1.165) is 5.56 Å². The van der Waals surface area contributed by atoms with Gasteiger partial charge in [-0.25, -0.2) is 4.68 Å². The Hall–Kier alpha value is -2.17. The van der Waals surface area contributed by atoms with Crippen LogP contribution < -0.4 is 0 Å². The summed E-state index contributed by atoms with van der Waals surface area (Å²) in [4.78, 5) is 0. The zero-order valence-corrected chi connectivity index (χ0v) is 7.28. The molecule has 5 heteroatoms. The zero-order chi connectivity index (χ0) is 9.80. The van der Waals surface area contributed by atoms with Crippen LogP contribution in [0.5, 0.6) is 5.75 Å². The highest BCUT2D eigenvalue weighted by molar-refractivity contribution is 5.79. The van der Waals surface area contributed by atoms with Gasteiger partial charge in [0.25, 0.3) is 0 Å². The summed E-state index contributed by atoms with van der Waals surface area (Å²) >= 11 is 0. The number of phenols is 1. The maximum absolute atomic E-state index is 9.18. The Bertz CT molecular complexity index is 436. The van der Waals surface area contributed by atoms with Crippen molar-refractivity contribution in [2.24, 2.45) is 5.10 Å².